The zero-order chi connectivity index (χ0) is 20.6. The molecule has 5 nitrogen and oxygen atoms in total. The molecule has 1 atom stereocenters. The van der Waals surface area contributed by atoms with Crippen LogP contribution < -0.4 is 4.90 Å². The van der Waals surface area contributed by atoms with E-state index in [1.54, 1.807) is 36.4 Å². The molecule has 1 aromatic heterocycles. The summed E-state index contributed by atoms with van der Waals surface area (Å²) in [5, 5.41) is 11.4. The zero-order valence-corrected chi connectivity index (χ0v) is 15.9. The Labute approximate surface area is 171 Å². The number of rotatable bonds is 5. The monoisotopic (exact) mass is 410 g/mol. The number of nitrogens with zero attached hydrogens (tertiary/aromatic N) is 2. The molecule has 1 aliphatic rings. The highest BCUT2D eigenvalue weighted by atomic mass is 35.5. The molecular formula is C22H16ClFN2O3. The molecule has 0 saturated carbocycles. The van der Waals surface area contributed by atoms with E-state index in [1.165, 1.54) is 35.5 Å². The predicted molar refractivity (Wildman–Crippen MR) is 106 cm³/mol. The van der Waals surface area contributed by atoms with E-state index >= 15 is 0 Å². The van der Waals surface area contributed by atoms with Crippen LogP contribution in [-0.2, 0) is 16.9 Å². The number of para-hydroxylation sites is 1. The molecule has 0 aliphatic carbocycles. The van der Waals surface area contributed by atoms with Crippen molar-refractivity contribution >= 4 is 29.0 Å². The van der Waals surface area contributed by atoms with Gasteiger partial charge in [0.05, 0.1) is 18.7 Å². The molecular weight excluding hydrogens is 395 g/mol. The number of hydrogen-bond acceptors (Lipinski definition) is 4. The van der Waals surface area contributed by atoms with Crippen LogP contribution in [0.2, 0.25) is 5.02 Å². The second-order valence-electron chi connectivity index (χ2n) is 6.81. The molecule has 0 bridgehead atoms. The van der Waals surface area contributed by atoms with Crippen LogP contribution in [0.4, 0.5) is 10.1 Å². The quantitative estimate of drug-likeness (QED) is 0.648. The molecule has 1 amide bonds. The third kappa shape index (κ3) is 3.30. The Hall–Kier alpha value is -3.09. The number of Topliss-reactive ketones (excluding diaryl/α,β-unsaturated/α-hetero) is 1. The molecule has 0 saturated heterocycles. The number of fused-ring (bicyclic) bond motifs is 1. The van der Waals surface area contributed by atoms with Crippen molar-refractivity contribution in [2.75, 3.05) is 4.90 Å². The second kappa shape index (κ2) is 7.39. The van der Waals surface area contributed by atoms with Crippen LogP contribution in [0.25, 0.3) is 0 Å². The molecule has 2 heterocycles. The van der Waals surface area contributed by atoms with Gasteiger partial charge in [0.15, 0.2) is 11.4 Å². The summed E-state index contributed by atoms with van der Waals surface area (Å²) in [6.07, 6.45) is 2.46. The van der Waals surface area contributed by atoms with Gasteiger partial charge >= 0.3 is 0 Å². The zero-order valence-electron chi connectivity index (χ0n) is 15.2. The van der Waals surface area contributed by atoms with Crippen molar-refractivity contribution in [1.29, 1.82) is 0 Å². The maximum absolute atomic E-state index is 14.3. The molecule has 1 aliphatic heterocycles. The van der Waals surface area contributed by atoms with Crippen molar-refractivity contribution in [2.45, 2.75) is 18.6 Å². The minimum Gasteiger partial charge on any atom is -0.375 e. The lowest BCUT2D eigenvalue weighted by atomic mass is 9.88. The number of benzene rings is 2. The fourth-order valence-electron chi connectivity index (χ4n) is 3.54. The summed E-state index contributed by atoms with van der Waals surface area (Å²) in [6.45, 7) is -0.162. The van der Waals surface area contributed by atoms with Crippen molar-refractivity contribution in [1.82, 2.24) is 4.98 Å². The summed E-state index contributed by atoms with van der Waals surface area (Å²) < 4.78 is 14.3. The Morgan fingerprint density at radius 1 is 1.14 bits per heavy atom. The molecule has 4 rings (SSSR count). The van der Waals surface area contributed by atoms with Crippen molar-refractivity contribution in [3.05, 3.63) is 94.5 Å². The molecule has 1 N–H and O–H groups in total. The van der Waals surface area contributed by atoms with Gasteiger partial charge < -0.3 is 10.0 Å². The van der Waals surface area contributed by atoms with E-state index in [-0.39, 0.29) is 17.1 Å². The highest BCUT2D eigenvalue weighted by Crippen LogP contribution is 2.44. The Morgan fingerprint density at radius 2 is 1.93 bits per heavy atom. The van der Waals surface area contributed by atoms with Crippen LogP contribution in [0, 0.1) is 5.82 Å². The van der Waals surface area contributed by atoms with Crippen LogP contribution in [0.5, 0.6) is 0 Å². The van der Waals surface area contributed by atoms with E-state index in [0.29, 0.717) is 16.8 Å². The maximum Gasteiger partial charge on any atom is 0.264 e. The lowest BCUT2D eigenvalue weighted by molar-refractivity contribution is -0.136. The number of amides is 1. The number of carbonyl (C=O) groups is 2. The van der Waals surface area contributed by atoms with Crippen molar-refractivity contribution < 1.29 is 19.1 Å². The van der Waals surface area contributed by atoms with Gasteiger partial charge in [-0.25, -0.2) is 4.39 Å². The van der Waals surface area contributed by atoms with Crippen molar-refractivity contribution in [2.24, 2.45) is 0 Å². The maximum atomic E-state index is 14.3. The Morgan fingerprint density at radius 3 is 2.66 bits per heavy atom. The summed E-state index contributed by atoms with van der Waals surface area (Å²) in [4.78, 5) is 31.1. The third-order valence-electron chi connectivity index (χ3n) is 5.02. The van der Waals surface area contributed by atoms with Crippen LogP contribution in [0.15, 0.2) is 67.0 Å². The van der Waals surface area contributed by atoms with E-state index in [9.17, 15) is 19.1 Å². The number of carbonyl (C=O) groups excluding carboxylic acids is 2. The van der Waals surface area contributed by atoms with Crippen molar-refractivity contribution in [3.8, 4) is 0 Å². The number of pyridine rings is 1. The molecule has 2 aromatic carbocycles. The fourth-order valence-corrected chi connectivity index (χ4v) is 3.76. The molecule has 0 unspecified atom stereocenters. The van der Waals surface area contributed by atoms with E-state index in [0.717, 1.165) is 0 Å². The molecule has 0 spiro atoms. The van der Waals surface area contributed by atoms with Gasteiger partial charge in [0.25, 0.3) is 5.91 Å². The molecule has 29 heavy (non-hydrogen) atoms. The van der Waals surface area contributed by atoms with E-state index in [1.807, 2.05) is 0 Å². The summed E-state index contributed by atoms with van der Waals surface area (Å²) >= 11 is 6.12. The first-order valence-corrected chi connectivity index (χ1v) is 9.29. The molecule has 146 valence electrons. The van der Waals surface area contributed by atoms with Gasteiger partial charge in [0, 0.05) is 34.1 Å². The highest BCUT2D eigenvalue weighted by Gasteiger charge is 2.51. The average molecular weight is 411 g/mol. The van der Waals surface area contributed by atoms with Gasteiger partial charge in [0.2, 0.25) is 0 Å². The summed E-state index contributed by atoms with van der Waals surface area (Å²) in [5.41, 5.74) is -0.906. The van der Waals surface area contributed by atoms with Crippen LogP contribution >= 0.6 is 11.6 Å². The van der Waals surface area contributed by atoms with Crippen LogP contribution in [0.3, 0.4) is 0 Å². The minimum atomic E-state index is -2.05. The number of aromatic nitrogens is 1. The first-order valence-electron chi connectivity index (χ1n) is 8.92. The van der Waals surface area contributed by atoms with E-state index in [2.05, 4.69) is 4.98 Å². The largest absolute Gasteiger partial charge is 0.375 e. The van der Waals surface area contributed by atoms with Crippen LogP contribution in [-0.4, -0.2) is 21.8 Å². The van der Waals surface area contributed by atoms with Gasteiger partial charge in [-0.2, -0.15) is 0 Å². The fraction of sp³-hybridized carbons (Fsp3) is 0.136. The van der Waals surface area contributed by atoms with Gasteiger partial charge in [-0.05, 0) is 30.3 Å². The Balaban J connectivity index is 1.72. The number of anilines is 1. The summed E-state index contributed by atoms with van der Waals surface area (Å²) in [7, 11) is 0. The lowest BCUT2D eigenvalue weighted by Gasteiger charge is -2.23. The van der Waals surface area contributed by atoms with Crippen molar-refractivity contribution in [3.63, 3.8) is 0 Å². The SMILES string of the molecule is O=C(C[C@@]1(O)C(=O)N(Cc2c(F)cccc2Cl)c2ccccc21)c1cccnc1. The summed E-state index contributed by atoms with van der Waals surface area (Å²) in [5.74, 6) is -1.67. The number of halogens is 2. The number of aliphatic hydroxyl groups is 1. The standard InChI is InChI=1S/C22H16ClFN2O3/c23-17-7-3-8-18(24)15(17)13-26-19-9-2-1-6-16(19)22(29,21(26)28)11-20(27)14-5-4-10-25-12-14/h1-10,12,29H,11,13H2/t22-/m0/s1. The summed E-state index contributed by atoms with van der Waals surface area (Å²) in [6, 6.07) is 14.1. The Kier molecular flexibility index (Phi) is 4.90. The minimum absolute atomic E-state index is 0.139. The third-order valence-corrected chi connectivity index (χ3v) is 5.37. The lowest BCUT2D eigenvalue weighted by Crippen LogP contribution is -2.41. The van der Waals surface area contributed by atoms with E-state index in [4.69, 9.17) is 11.6 Å². The van der Waals surface area contributed by atoms with Gasteiger partial charge in [-0.1, -0.05) is 35.9 Å². The number of ketones is 1. The van der Waals surface area contributed by atoms with Crippen LogP contribution in [0.1, 0.15) is 27.9 Å². The van der Waals surface area contributed by atoms with Gasteiger partial charge in [-0.3, -0.25) is 14.6 Å². The normalized spacial score (nSPS) is 18.0. The van der Waals surface area contributed by atoms with Gasteiger partial charge in [0.1, 0.15) is 5.82 Å². The van der Waals surface area contributed by atoms with Gasteiger partial charge in [-0.15, -0.1) is 0 Å². The van der Waals surface area contributed by atoms with E-state index < -0.39 is 29.5 Å². The predicted octanol–water partition coefficient (Wildman–Crippen LogP) is 3.88. The first kappa shape index (κ1) is 19.2. The second-order valence-corrected chi connectivity index (χ2v) is 7.22. The highest BCUT2D eigenvalue weighted by molar-refractivity contribution is 6.31. The molecule has 7 heteroatoms. The molecule has 0 fully saturated rings. The first-order chi connectivity index (χ1) is 13.9. The smallest absolute Gasteiger partial charge is 0.264 e. The number of hydrogen-bond donors (Lipinski definition) is 1. The average Bonchev–Trinajstić information content (AvgIpc) is 2.93. The topological polar surface area (TPSA) is 70.5 Å². The molecule has 3 aromatic rings. The molecule has 0 radical (unpaired) electrons. The Bertz CT molecular complexity index is 1090.